The summed E-state index contributed by atoms with van der Waals surface area (Å²) in [5.41, 5.74) is 3.71. The molecule has 0 aliphatic carbocycles. The molecule has 4 aromatic rings. The van der Waals surface area contributed by atoms with Crippen molar-refractivity contribution in [3.63, 3.8) is 0 Å². The zero-order valence-electron chi connectivity index (χ0n) is 21.8. The number of aromatic amines is 1. The Bertz CT molecular complexity index is 1440. The Morgan fingerprint density at radius 1 is 1.05 bits per heavy atom. The number of aromatic nitrogens is 5. The number of carbonyl (C=O) groups is 1. The summed E-state index contributed by atoms with van der Waals surface area (Å²) in [6.07, 6.45) is 1.95. The molecule has 2 fully saturated rings. The van der Waals surface area contributed by atoms with Crippen molar-refractivity contribution in [3.8, 4) is 11.4 Å². The highest BCUT2D eigenvalue weighted by atomic mass is 16.5. The van der Waals surface area contributed by atoms with Gasteiger partial charge in [-0.3, -0.25) is 9.69 Å². The number of nitrogens with one attached hydrogen (secondary N) is 1. The fourth-order valence-corrected chi connectivity index (χ4v) is 5.50. The monoisotopic (exact) mass is 502 g/mol. The van der Waals surface area contributed by atoms with Crippen molar-refractivity contribution in [2.45, 2.75) is 39.9 Å². The van der Waals surface area contributed by atoms with Crippen molar-refractivity contribution in [2.24, 2.45) is 0 Å². The first-order chi connectivity index (χ1) is 18.0. The van der Waals surface area contributed by atoms with Crippen LogP contribution in [-0.4, -0.2) is 92.2 Å². The summed E-state index contributed by atoms with van der Waals surface area (Å²) in [4.78, 5) is 37.7. The molecule has 1 aromatic carbocycles. The molecule has 1 amide bonds. The molecule has 194 valence electrons. The summed E-state index contributed by atoms with van der Waals surface area (Å²) < 4.78 is 7.81. The van der Waals surface area contributed by atoms with Gasteiger partial charge in [0.25, 0.3) is 0 Å². The number of morpholine rings is 1. The molecule has 6 rings (SSSR count). The Hall–Kier alpha value is -3.50. The molecule has 5 heterocycles. The minimum Gasteiger partial charge on any atom is -0.378 e. The first kappa shape index (κ1) is 23.9. The van der Waals surface area contributed by atoms with Crippen LogP contribution in [0.2, 0.25) is 0 Å². The molecule has 37 heavy (non-hydrogen) atoms. The van der Waals surface area contributed by atoms with Gasteiger partial charge in [-0.25, -0.2) is 15.0 Å². The van der Waals surface area contributed by atoms with Gasteiger partial charge in [-0.1, -0.05) is 12.1 Å². The van der Waals surface area contributed by atoms with E-state index < -0.39 is 0 Å². The third-order valence-corrected chi connectivity index (χ3v) is 7.44. The molecule has 2 aliphatic rings. The Morgan fingerprint density at radius 2 is 1.89 bits per heavy atom. The average molecular weight is 503 g/mol. The molecule has 2 aliphatic heterocycles. The lowest BCUT2D eigenvalue weighted by Gasteiger charge is -2.36. The highest BCUT2D eigenvalue weighted by molar-refractivity contribution is 5.95. The van der Waals surface area contributed by atoms with Gasteiger partial charge in [0, 0.05) is 61.4 Å². The quantitative estimate of drug-likeness (QED) is 0.433. The number of amides is 1. The number of imidazole rings is 1. The molecule has 1 N–H and O–H groups in total. The predicted molar refractivity (Wildman–Crippen MR) is 143 cm³/mol. The Labute approximate surface area is 216 Å². The van der Waals surface area contributed by atoms with Crippen LogP contribution in [0, 0.1) is 0 Å². The Morgan fingerprint density at radius 3 is 2.65 bits per heavy atom. The van der Waals surface area contributed by atoms with Crippen LogP contribution in [0.25, 0.3) is 33.5 Å². The molecule has 10 nitrogen and oxygen atoms in total. The van der Waals surface area contributed by atoms with E-state index in [4.69, 9.17) is 19.7 Å². The van der Waals surface area contributed by atoms with Gasteiger partial charge in [-0.2, -0.15) is 0 Å². The van der Waals surface area contributed by atoms with E-state index in [2.05, 4.69) is 58.3 Å². The molecule has 0 bridgehead atoms. The molecule has 3 aromatic heterocycles. The molecular formula is C27H34N8O2. The summed E-state index contributed by atoms with van der Waals surface area (Å²) in [5.74, 6) is 2.64. The predicted octanol–water partition coefficient (Wildman–Crippen LogP) is 2.88. The lowest BCUT2D eigenvalue weighted by molar-refractivity contribution is -0.138. The zero-order valence-corrected chi connectivity index (χ0v) is 21.8. The third-order valence-electron chi connectivity index (χ3n) is 7.44. The molecule has 0 radical (unpaired) electrons. The van der Waals surface area contributed by atoms with Crippen LogP contribution in [0.4, 0.5) is 5.82 Å². The lowest BCUT2D eigenvalue weighted by Crippen LogP contribution is -2.52. The van der Waals surface area contributed by atoms with Crippen LogP contribution in [0.5, 0.6) is 0 Å². The van der Waals surface area contributed by atoms with Crippen molar-refractivity contribution in [2.75, 3.05) is 50.8 Å². The van der Waals surface area contributed by atoms with Crippen molar-refractivity contribution in [1.82, 2.24) is 34.3 Å². The number of carbonyl (C=O) groups excluding carboxylic acids is 1. The third kappa shape index (κ3) is 4.34. The normalized spacial score (nSPS) is 17.6. The fourth-order valence-electron chi connectivity index (χ4n) is 5.50. The maximum absolute atomic E-state index is 12.7. The van der Waals surface area contributed by atoms with E-state index in [0.717, 1.165) is 72.0 Å². The van der Waals surface area contributed by atoms with Crippen LogP contribution >= 0.6 is 0 Å². The van der Waals surface area contributed by atoms with Gasteiger partial charge in [0.05, 0.1) is 26.3 Å². The number of fused-ring (bicyclic) bond motifs is 2. The summed E-state index contributed by atoms with van der Waals surface area (Å²) in [7, 11) is 0. The maximum Gasteiger partial charge on any atom is 0.237 e. The summed E-state index contributed by atoms with van der Waals surface area (Å²) >= 11 is 0. The highest BCUT2D eigenvalue weighted by Gasteiger charge is 2.28. The van der Waals surface area contributed by atoms with E-state index in [1.54, 1.807) is 0 Å². The van der Waals surface area contributed by atoms with Crippen molar-refractivity contribution >= 4 is 33.8 Å². The second-order valence-corrected chi connectivity index (χ2v) is 10.1. The molecule has 0 spiro atoms. The Kier molecular flexibility index (Phi) is 6.29. The van der Waals surface area contributed by atoms with Gasteiger partial charge < -0.3 is 24.1 Å². The standard InChI is InChI=1S/C27H34N8O2/c1-4-34-22(16-32-10-11-35(18(2)3)23(36)17-32)29-24-26(33-12-14-37-15-13-33)30-25(31-27(24)34)20-6-5-7-21-19(20)8-9-28-21/h5-9,18,28H,4,10-17H2,1-3H3. The summed E-state index contributed by atoms with van der Waals surface area (Å²) in [5, 5.41) is 1.10. The van der Waals surface area contributed by atoms with Gasteiger partial charge in [0.1, 0.15) is 5.82 Å². The van der Waals surface area contributed by atoms with Gasteiger partial charge in [-0.05, 0) is 32.9 Å². The maximum atomic E-state index is 12.7. The van der Waals surface area contributed by atoms with Gasteiger partial charge in [0.2, 0.25) is 5.91 Å². The van der Waals surface area contributed by atoms with E-state index in [1.807, 2.05) is 17.2 Å². The molecule has 10 heteroatoms. The second kappa shape index (κ2) is 9.75. The number of benzene rings is 1. The number of aryl methyl sites for hydroxylation is 1. The Balaban J connectivity index is 1.44. The van der Waals surface area contributed by atoms with Crippen LogP contribution < -0.4 is 4.90 Å². The lowest BCUT2D eigenvalue weighted by atomic mass is 10.1. The molecular weight excluding hydrogens is 468 g/mol. The second-order valence-electron chi connectivity index (χ2n) is 10.1. The fraction of sp³-hybridized carbons (Fsp3) is 0.481. The van der Waals surface area contributed by atoms with E-state index in [1.165, 1.54) is 0 Å². The number of hydrogen-bond donors (Lipinski definition) is 1. The van der Waals surface area contributed by atoms with Gasteiger partial charge in [0.15, 0.2) is 22.8 Å². The highest BCUT2D eigenvalue weighted by Crippen LogP contribution is 2.32. The zero-order chi connectivity index (χ0) is 25.5. The van der Waals surface area contributed by atoms with E-state index in [0.29, 0.717) is 32.1 Å². The summed E-state index contributed by atoms with van der Waals surface area (Å²) in [6, 6.07) is 8.47. The van der Waals surface area contributed by atoms with Crippen molar-refractivity contribution in [3.05, 3.63) is 36.3 Å². The topological polar surface area (TPSA) is 95.4 Å². The average Bonchev–Trinajstić information content (AvgIpc) is 3.52. The van der Waals surface area contributed by atoms with Crippen LogP contribution in [0.15, 0.2) is 30.5 Å². The number of ether oxygens (including phenoxy) is 1. The molecule has 0 atom stereocenters. The number of rotatable bonds is 6. The van der Waals surface area contributed by atoms with Gasteiger partial charge >= 0.3 is 0 Å². The largest absolute Gasteiger partial charge is 0.378 e. The minimum atomic E-state index is 0.177. The molecule has 2 saturated heterocycles. The number of H-pyrrole nitrogens is 1. The van der Waals surface area contributed by atoms with Gasteiger partial charge in [-0.15, -0.1) is 0 Å². The van der Waals surface area contributed by atoms with Crippen LogP contribution in [-0.2, 0) is 22.6 Å². The summed E-state index contributed by atoms with van der Waals surface area (Å²) in [6.45, 7) is 12.4. The number of piperazine rings is 1. The first-order valence-corrected chi connectivity index (χ1v) is 13.2. The van der Waals surface area contributed by atoms with Crippen LogP contribution in [0.1, 0.15) is 26.6 Å². The number of nitrogens with zero attached hydrogens (tertiary/aromatic N) is 7. The smallest absolute Gasteiger partial charge is 0.237 e. The minimum absolute atomic E-state index is 0.177. The van der Waals surface area contributed by atoms with E-state index >= 15 is 0 Å². The SMILES string of the molecule is CCn1c(CN2CCN(C(C)C)C(=O)C2)nc2c(N3CCOCC3)nc(-c3cccc4[nH]ccc34)nc21. The number of hydrogen-bond acceptors (Lipinski definition) is 7. The first-order valence-electron chi connectivity index (χ1n) is 13.2. The van der Waals surface area contributed by atoms with E-state index in [-0.39, 0.29) is 11.9 Å². The molecule has 0 saturated carbocycles. The van der Waals surface area contributed by atoms with Crippen molar-refractivity contribution < 1.29 is 9.53 Å². The van der Waals surface area contributed by atoms with Crippen molar-refractivity contribution in [1.29, 1.82) is 0 Å². The molecule has 0 unspecified atom stereocenters. The van der Waals surface area contributed by atoms with E-state index in [9.17, 15) is 4.79 Å². The van der Waals surface area contributed by atoms with Crippen LogP contribution in [0.3, 0.4) is 0 Å². The number of anilines is 1.